The van der Waals surface area contributed by atoms with E-state index < -0.39 is 5.97 Å². The highest BCUT2D eigenvalue weighted by atomic mass is 16.6. The quantitative estimate of drug-likeness (QED) is 0.668. The molecule has 0 unspecified atom stereocenters. The van der Waals surface area contributed by atoms with Gasteiger partial charge in [-0.25, -0.2) is 4.79 Å². The lowest BCUT2D eigenvalue weighted by molar-refractivity contribution is -0.138. The number of Topliss-reactive ketones (excluding diaryl/α,β-unsaturated/α-hetero) is 1. The molecule has 1 N–H and O–H groups in total. The van der Waals surface area contributed by atoms with Gasteiger partial charge in [0, 0.05) is 45.1 Å². The molecule has 1 aliphatic carbocycles. The first-order valence-electron chi connectivity index (χ1n) is 12.1. The number of hydrogen-bond donors (Lipinski definition) is 1. The molecular weight excluding hydrogens is 434 g/mol. The second-order valence-corrected chi connectivity index (χ2v) is 9.69. The van der Waals surface area contributed by atoms with E-state index in [1.165, 1.54) is 5.56 Å². The van der Waals surface area contributed by atoms with Crippen molar-refractivity contribution < 1.29 is 24.2 Å². The second-order valence-electron chi connectivity index (χ2n) is 9.69. The summed E-state index contributed by atoms with van der Waals surface area (Å²) < 4.78 is 7.49. The Morgan fingerprint density at radius 3 is 2.53 bits per heavy atom. The molecule has 4 rings (SSSR count). The Morgan fingerprint density at radius 1 is 1.09 bits per heavy atom. The molecule has 1 aromatic carbocycles. The molecule has 0 spiro atoms. The highest BCUT2D eigenvalue weighted by Gasteiger charge is 2.28. The highest BCUT2D eigenvalue weighted by Crippen LogP contribution is 2.29. The number of aryl methyl sites for hydroxylation is 2. The van der Waals surface area contributed by atoms with Gasteiger partial charge >= 0.3 is 12.1 Å². The lowest BCUT2D eigenvalue weighted by Gasteiger charge is -2.32. The minimum atomic E-state index is -0.761. The number of carboxylic acids is 1. The number of ether oxygens (including phenoxy) is 1. The number of ketones is 1. The number of aromatic nitrogens is 2. The molecule has 1 aromatic heterocycles. The van der Waals surface area contributed by atoms with Gasteiger partial charge < -0.3 is 14.7 Å². The van der Waals surface area contributed by atoms with Gasteiger partial charge in [0.2, 0.25) is 0 Å². The second kappa shape index (κ2) is 10.4. The summed E-state index contributed by atoms with van der Waals surface area (Å²) in [4.78, 5) is 37.9. The number of amides is 1. The van der Waals surface area contributed by atoms with Crippen molar-refractivity contribution >= 4 is 17.8 Å². The van der Waals surface area contributed by atoms with E-state index in [4.69, 9.17) is 9.84 Å². The van der Waals surface area contributed by atoms with Crippen LogP contribution in [0.1, 0.15) is 60.2 Å². The van der Waals surface area contributed by atoms with Gasteiger partial charge in [0.1, 0.15) is 11.9 Å². The van der Waals surface area contributed by atoms with Crippen molar-refractivity contribution in [2.75, 3.05) is 6.54 Å². The van der Waals surface area contributed by atoms with Crippen molar-refractivity contribution in [3.05, 3.63) is 52.3 Å². The van der Waals surface area contributed by atoms with Gasteiger partial charge in [-0.2, -0.15) is 5.10 Å². The van der Waals surface area contributed by atoms with Gasteiger partial charge in [-0.15, -0.1) is 0 Å². The lowest BCUT2D eigenvalue weighted by atomic mass is 9.85. The molecule has 0 bridgehead atoms. The van der Waals surface area contributed by atoms with Crippen molar-refractivity contribution in [1.29, 1.82) is 0 Å². The van der Waals surface area contributed by atoms with E-state index in [0.29, 0.717) is 25.9 Å². The van der Waals surface area contributed by atoms with Crippen molar-refractivity contribution in [2.24, 2.45) is 13.0 Å². The van der Waals surface area contributed by atoms with Gasteiger partial charge in [-0.3, -0.25) is 14.3 Å². The monoisotopic (exact) mass is 467 g/mol. The van der Waals surface area contributed by atoms with Gasteiger partial charge in [0.15, 0.2) is 0 Å². The van der Waals surface area contributed by atoms with Crippen LogP contribution >= 0.6 is 0 Å². The predicted octanol–water partition coefficient (Wildman–Crippen LogP) is 3.61. The average molecular weight is 468 g/mol. The summed E-state index contributed by atoms with van der Waals surface area (Å²) >= 11 is 0. The number of carboxylic acid groups (broad SMARTS) is 1. The van der Waals surface area contributed by atoms with E-state index in [9.17, 15) is 14.4 Å². The number of carbonyl (C=O) groups is 3. The molecule has 0 radical (unpaired) electrons. The van der Waals surface area contributed by atoms with Crippen LogP contribution in [-0.2, 0) is 47.2 Å². The summed E-state index contributed by atoms with van der Waals surface area (Å²) in [5, 5.41) is 13.2. The van der Waals surface area contributed by atoms with Crippen LogP contribution in [-0.4, -0.2) is 50.3 Å². The number of rotatable bonds is 7. The Labute approximate surface area is 199 Å². The van der Waals surface area contributed by atoms with E-state index in [-0.39, 0.29) is 30.3 Å². The van der Waals surface area contributed by atoms with Crippen LogP contribution in [0.15, 0.2) is 24.3 Å². The van der Waals surface area contributed by atoms with E-state index in [1.54, 1.807) is 9.58 Å². The number of benzene rings is 1. The summed E-state index contributed by atoms with van der Waals surface area (Å²) in [6, 6.07) is 8.03. The third kappa shape index (κ3) is 6.04. The Morgan fingerprint density at radius 2 is 1.85 bits per heavy atom. The first-order valence-corrected chi connectivity index (χ1v) is 12.1. The summed E-state index contributed by atoms with van der Waals surface area (Å²) in [6.07, 6.45) is 4.28. The van der Waals surface area contributed by atoms with Crippen molar-refractivity contribution in [3.8, 4) is 0 Å². The zero-order valence-corrected chi connectivity index (χ0v) is 20.0. The minimum Gasteiger partial charge on any atom is -0.481 e. The molecule has 8 nitrogen and oxygen atoms in total. The predicted molar refractivity (Wildman–Crippen MR) is 125 cm³/mol. The first kappa shape index (κ1) is 24.0. The molecule has 1 fully saturated rings. The molecule has 0 saturated heterocycles. The van der Waals surface area contributed by atoms with E-state index >= 15 is 0 Å². The van der Waals surface area contributed by atoms with Crippen molar-refractivity contribution in [3.63, 3.8) is 0 Å². The molecule has 1 saturated carbocycles. The van der Waals surface area contributed by atoms with Crippen LogP contribution in [0.5, 0.6) is 0 Å². The molecule has 1 aliphatic heterocycles. The fourth-order valence-electron chi connectivity index (χ4n) is 5.11. The Bertz CT molecular complexity index is 1070. The molecule has 34 heavy (non-hydrogen) atoms. The van der Waals surface area contributed by atoms with Crippen LogP contribution in [0.3, 0.4) is 0 Å². The molecule has 1 amide bonds. The Hall–Kier alpha value is -3.16. The van der Waals surface area contributed by atoms with Gasteiger partial charge in [0.05, 0.1) is 5.69 Å². The zero-order valence-electron chi connectivity index (χ0n) is 20.0. The summed E-state index contributed by atoms with van der Waals surface area (Å²) in [5.41, 5.74) is 5.10. The number of nitrogens with zero attached hydrogens (tertiary/aromatic N) is 3. The molecule has 2 aromatic rings. The Balaban J connectivity index is 1.27. The maximum atomic E-state index is 12.7. The molecule has 8 heteroatoms. The fraction of sp³-hybridized carbons (Fsp3) is 0.538. The third-order valence-electron chi connectivity index (χ3n) is 6.94. The largest absolute Gasteiger partial charge is 0.481 e. The number of carbonyl (C=O) groups excluding carboxylic acids is 2. The number of aliphatic carboxylic acids is 1. The molecule has 0 atom stereocenters. The standard InChI is InChI=1S/C26H33N3O5/c1-17-11-22(28(2)27-17)15-23(30)13-19-3-6-21-16-29(10-9-20(21)12-19)26(33)34-24-7-4-18(5-8-24)14-25(31)32/h3,6,11-12,18,24H,4-5,7-10,13-16H2,1-2H3,(H,31,32). The minimum absolute atomic E-state index is 0.129. The van der Waals surface area contributed by atoms with E-state index in [1.807, 2.05) is 32.2 Å². The molecular formula is C26H33N3O5. The molecule has 182 valence electrons. The Kier molecular flexibility index (Phi) is 7.34. The number of hydrogen-bond acceptors (Lipinski definition) is 5. The number of fused-ring (bicyclic) bond motifs is 1. The van der Waals surface area contributed by atoms with E-state index in [2.05, 4.69) is 11.2 Å². The summed E-state index contributed by atoms with van der Waals surface area (Å²) in [5.74, 6) is -0.422. The van der Waals surface area contributed by atoms with Crippen molar-refractivity contribution in [1.82, 2.24) is 14.7 Å². The highest BCUT2D eigenvalue weighted by molar-refractivity contribution is 5.83. The third-order valence-corrected chi connectivity index (χ3v) is 6.94. The summed E-state index contributed by atoms with van der Waals surface area (Å²) in [6.45, 7) is 3.01. The van der Waals surface area contributed by atoms with Crippen LogP contribution < -0.4 is 0 Å². The van der Waals surface area contributed by atoms with E-state index in [0.717, 1.165) is 54.6 Å². The zero-order chi connectivity index (χ0) is 24.2. The molecule has 2 heterocycles. The van der Waals surface area contributed by atoms with Gasteiger partial charge in [0.25, 0.3) is 0 Å². The maximum absolute atomic E-state index is 12.7. The molecule has 2 aliphatic rings. The summed E-state index contributed by atoms with van der Waals surface area (Å²) in [7, 11) is 1.86. The fourth-order valence-corrected chi connectivity index (χ4v) is 5.11. The van der Waals surface area contributed by atoms with Crippen LogP contribution in [0.2, 0.25) is 0 Å². The first-order chi connectivity index (χ1) is 16.3. The normalized spacial score (nSPS) is 20.0. The van der Waals surface area contributed by atoms with Gasteiger partial charge in [-0.05, 0) is 67.7 Å². The SMILES string of the molecule is Cc1cc(CC(=O)Cc2ccc3c(c2)CCN(C(=O)OC2CCC(CC(=O)O)CC2)C3)n(C)n1. The van der Waals surface area contributed by atoms with Crippen molar-refractivity contribution in [2.45, 2.75) is 70.9 Å². The average Bonchev–Trinajstić information content (AvgIpc) is 3.10. The van der Waals surface area contributed by atoms with Crippen LogP contribution in [0.4, 0.5) is 4.79 Å². The maximum Gasteiger partial charge on any atom is 0.410 e. The van der Waals surface area contributed by atoms with Crippen LogP contribution in [0.25, 0.3) is 0 Å². The van der Waals surface area contributed by atoms with Crippen LogP contribution in [0, 0.1) is 12.8 Å². The van der Waals surface area contributed by atoms with Gasteiger partial charge in [-0.1, -0.05) is 18.2 Å². The topological polar surface area (TPSA) is 102 Å². The lowest BCUT2D eigenvalue weighted by Crippen LogP contribution is -2.39. The smallest absolute Gasteiger partial charge is 0.410 e.